The monoisotopic (exact) mass is 271 g/mol. The van der Waals surface area contributed by atoms with Gasteiger partial charge in [0.05, 0.1) is 11.9 Å². The zero-order valence-corrected chi connectivity index (χ0v) is 10.9. The minimum absolute atomic E-state index is 0.185. The number of hydrogen-bond acceptors (Lipinski definition) is 1. The summed E-state index contributed by atoms with van der Waals surface area (Å²) in [6, 6.07) is 0. The second kappa shape index (κ2) is 3.55. The zero-order chi connectivity index (χ0) is 11.2. The second-order valence-electron chi connectivity index (χ2n) is 5.20. The molecule has 0 amide bonds. The topological polar surface area (TPSA) is 12.9 Å². The van der Waals surface area contributed by atoms with Crippen molar-refractivity contribution in [2.75, 3.05) is 0 Å². The van der Waals surface area contributed by atoms with Gasteiger partial charge in [-0.3, -0.25) is 4.98 Å². The van der Waals surface area contributed by atoms with Gasteiger partial charge in [0.15, 0.2) is 0 Å². The molecular weight excluding hydrogens is 257 g/mol. The molecule has 0 atom stereocenters. The largest absolute Gasteiger partial charge is 0.257 e. The van der Waals surface area contributed by atoms with Crippen molar-refractivity contribution < 1.29 is 4.39 Å². The summed E-state index contributed by atoms with van der Waals surface area (Å²) in [6.07, 6.45) is 3.72. The second-order valence-corrected chi connectivity index (χ2v) is 6.00. The Bertz CT molecular complexity index is 391. The van der Waals surface area contributed by atoms with Gasteiger partial charge in [0.2, 0.25) is 0 Å². The number of rotatable bonds is 1. The molecule has 15 heavy (non-hydrogen) atoms. The molecule has 0 aromatic carbocycles. The van der Waals surface area contributed by atoms with Gasteiger partial charge in [0.25, 0.3) is 0 Å². The molecule has 1 nitrogen and oxygen atoms in total. The minimum Gasteiger partial charge on any atom is -0.257 e. The molecule has 1 aromatic heterocycles. The summed E-state index contributed by atoms with van der Waals surface area (Å²) in [5.41, 5.74) is 1.59. The Morgan fingerprint density at radius 3 is 2.47 bits per heavy atom. The van der Waals surface area contributed by atoms with Crippen LogP contribution < -0.4 is 0 Å². The van der Waals surface area contributed by atoms with E-state index < -0.39 is 0 Å². The Morgan fingerprint density at radius 1 is 1.40 bits per heavy atom. The normalized spacial score (nSPS) is 16.9. The van der Waals surface area contributed by atoms with Crippen molar-refractivity contribution in [3.05, 3.63) is 27.7 Å². The lowest BCUT2D eigenvalue weighted by Gasteiger charge is -2.22. The van der Waals surface area contributed by atoms with E-state index in [2.05, 4.69) is 20.9 Å². The molecule has 0 N–H and O–H groups in total. The molecule has 0 aliphatic heterocycles. The molecule has 1 saturated carbocycles. The predicted octanol–water partition coefficient (Wildman–Crippen LogP) is 4.16. The van der Waals surface area contributed by atoms with Gasteiger partial charge in [-0.2, -0.15) is 0 Å². The zero-order valence-electron chi connectivity index (χ0n) is 9.27. The third-order valence-electron chi connectivity index (χ3n) is 2.71. The molecule has 1 aliphatic carbocycles. The van der Waals surface area contributed by atoms with Crippen molar-refractivity contribution in [1.29, 1.82) is 0 Å². The summed E-state index contributed by atoms with van der Waals surface area (Å²) in [5.74, 6) is 0.333. The van der Waals surface area contributed by atoms with Crippen molar-refractivity contribution in [3.8, 4) is 0 Å². The Labute approximate surface area is 98.2 Å². The summed E-state index contributed by atoms with van der Waals surface area (Å²) in [7, 11) is 0. The Balaban J connectivity index is 2.56. The molecule has 1 heterocycles. The molecule has 0 unspecified atom stereocenters. The summed E-state index contributed by atoms with van der Waals surface area (Å²) >= 11 is 3.51. The predicted molar refractivity (Wildman–Crippen MR) is 62.6 cm³/mol. The summed E-state index contributed by atoms with van der Waals surface area (Å²) < 4.78 is 14.6. The minimum atomic E-state index is -0.209. The molecule has 1 fully saturated rings. The van der Waals surface area contributed by atoms with Crippen LogP contribution in [0.5, 0.6) is 0 Å². The maximum absolute atomic E-state index is 13.7. The van der Waals surface area contributed by atoms with Gasteiger partial charge < -0.3 is 0 Å². The van der Waals surface area contributed by atoms with Crippen LogP contribution in [0.2, 0.25) is 0 Å². The summed E-state index contributed by atoms with van der Waals surface area (Å²) in [4.78, 5) is 4.19. The van der Waals surface area contributed by atoms with Gasteiger partial charge in [-0.1, -0.05) is 20.8 Å². The first-order chi connectivity index (χ1) is 6.91. The SMILES string of the molecule is CC(C)(C)c1c(F)cnc(C2CC2)c1Br. The van der Waals surface area contributed by atoms with E-state index in [1.807, 2.05) is 20.8 Å². The Morgan fingerprint density at radius 2 is 2.00 bits per heavy atom. The first-order valence-electron chi connectivity index (χ1n) is 5.25. The molecule has 2 rings (SSSR count). The molecule has 0 spiro atoms. The van der Waals surface area contributed by atoms with Gasteiger partial charge in [-0.25, -0.2) is 4.39 Å². The van der Waals surface area contributed by atoms with Crippen LogP contribution in [0, 0.1) is 5.82 Å². The lowest BCUT2D eigenvalue weighted by atomic mass is 9.86. The number of halogens is 2. The van der Waals surface area contributed by atoms with Crippen molar-refractivity contribution in [2.45, 2.75) is 44.9 Å². The highest BCUT2D eigenvalue weighted by molar-refractivity contribution is 9.10. The van der Waals surface area contributed by atoms with E-state index in [4.69, 9.17) is 0 Å². The highest BCUT2D eigenvalue weighted by Crippen LogP contribution is 2.45. The third kappa shape index (κ3) is 2.07. The average Bonchev–Trinajstić information content (AvgIpc) is 2.84. The van der Waals surface area contributed by atoms with E-state index in [0.717, 1.165) is 15.7 Å². The molecule has 1 aromatic rings. The van der Waals surface area contributed by atoms with E-state index in [1.165, 1.54) is 19.0 Å². The fraction of sp³-hybridized carbons (Fsp3) is 0.583. The van der Waals surface area contributed by atoms with Crippen LogP contribution >= 0.6 is 15.9 Å². The van der Waals surface area contributed by atoms with Crippen LogP contribution in [-0.4, -0.2) is 4.98 Å². The standard InChI is InChI=1S/C12H15BrFN/c1-12(2,3)9-8(14)6-15-11(10(9)13)7-4-5-7/h6-7H,4-5H2,1-3H3. The molecule has 0 saturated heterocycles. The molecule has 0 bridgehead atoms. The van der Waals surface area contributed by atoms with Crippen LogP contribution in [0.15, 0.2) is 10.7 Å². The fourth-order valence-electron chi connectivity index (χ4n) is 1.81. The highest BCUT2D eigenvalue weighted by atomic mass is 79.9. The first kappa shape index (κ1) is 11.1. The molecule has 1 aliphatic rings. The van der Waals surface area contributed by atoms with Gasteiger partial charge >= 0.3 is 0 Å². The quantitative estimate of drug-likeness (QED) is 0.748. The third-order valence-corrected chi connectivity index (χ3v) is 3.52. The number of pyridine rings is 1. The van der Waals surface area contributed by atoms with Crippen LogP contribution in [-0.2, 0) is 5.41 Å². The lowest BCUT2D eigenvalue weighted by Crippen LogP contribution is -2.16. The van der Waals surface area contributed by atoms with E-state index in [9.17, 15) is 4.39 Å². The van der Waals surface area contributed by atoms with Crippen molar-refractivity contribution in [1.82, 2.24) is 4.98 Å². The Hall–Kier alpha value is -0.440. The lowest BCUT2D eigenvalue weighted by molar-refractivity contribution is 0.513. The van der Waals surface area contributed by atoms with E-state index >= 15 is 0 Å². The highest BCUT2D eigenvalue weighted by Gasteiger charge is 2.31. The van der Waals surface area contributed by atoms with Crippen LogP contribution in [0.1, 0.15) is 50.8 Å². The fourth-order valence-corrected chi connectivity index (χ4v) is 3.02. The Kier molecular flexibility index (Phi) is 2.61. The maximum atomic E-state index is 13.7. The average molecular weight is 272 g/mol. The molecule has 0 radical (unpaired) electrons. The number of hydrogen-bond donors (Lipinski definition) is 0. The van der Waals surface area contributed by atoms with Gasteiger partial charge in [-0.05, 0) is 34.2 Å². The van der Waals surface area contributed by atoms with E-state index in [0.29, 0.717) is 5.92 Å². The van der Waals surface area contributed by atoms with E-state index in [-0.39, 0.29) is 11.2 Å². The molecule has 3 heteroatoms. The van der Waals surface area contributed by atoms with Crippen LogP contribution in [0.4, 0.5) is 4.39 Å². The van der Waals surface area contributed by atoms with Gasteiger partial charge in [0, 0.05) is 16.0 Å². The van der Waals surface area contributed by atoms with Crippen molar-refractivity contribution in [3.63, 3.8) is 0 Å². The molecule has 82 valence electrons. The number of aromatic nitrogens is 1. The van der Waals surface area contributed by atoms with Gasteiger partial charge in [-0.15, -0.1) is 0 Å². The maximum Gasteiger partial charge on any atom is 0.146 e. The van der Waals surface area contributed by atoms with Crippen molar-refractivity contribution in [2.24, 2.45) is 0 Å². The smallest absolute Gasteiger partial charge is 0.146 e. The van der Waals surface area contributed by atoms with Crippen LogP contribution in [0.3, 0.4) is 0 Å². The summed E-state index contributed by atoms with van der Waals surface area (Å²) in [5, 5.41) is 0. The van der Waals surface area contributed by atoms with E-state index in [1.54, 1.807) is 0 Å². The van der Waals surface area contributed by atoms with Crippen LogP contribution in [0.25, 0.3) is 0 Å². The molecular formula is C12H15BrFN. The van der Waals surface area contributed by atoms with Crippen molar-refractivity contribution >= 4 is 15.9 Å². The number of nitrogens with zero attached hydrogens (tertiary/aromatic N) is 1. The summed E-state index contributed by atoms with van der Waals surface area (Å²) in [6.45, 7) is 6.06. The van der Waals surface area contributed by atoms with Gasteiger partial charge in [0.1, 0.15) is 5.82 Å². The first-order valence-corrected chi connectivity index (χ1v) is 6.05.